The van der Waals surface area contributed by atoms with Gasteiger partial charge in [-0.15, -0.1) is 0 Å². The van der Waals surface area contributed by atoms with Crippen molar-refractivity contribution >= 4 is 32.3 Å². The Balaban J connectivity index is 1.89. The molecule has 0 saturated heterocycles. The van der Waals surface area contributed by atoms with Gasteiger partial charge in [0.15, 0.2) is 0 Å². The minimum absolute atomic E-state index is 1.16. The number of fused-ring (bicyclic) bond motifs is 4. The molecule has 0 unspecified atom stereocenters. The Labute approximate surface area is 141 Å². The highest BCUT2D eigenvalue weighted by molar-refractivity contribution is 6.14. The molecule has 0 spiro atoms. The van der Waals surface area contributed by atoms with Gasteiger partial charge in [0.25, 0.3) is 0 Å². The monoisotopic (exact) mass is 303 g/mol. The van der Waals surface area contributed by atoms with E-state index in [4.69, 9.17) is 0 Å². The summed E-state index contributed by atoms with van der Waals surface area (Å²) in [6, 6.07) is 35.7. The van der Waals surface area contributed by atoms with Crippen LogP contribution in [0.5, 0.6) is 0 Å². The van der Waals surface area contributed by atoms with Crippen molar-refractivity contribution in [3.05, 3.63) is 97.1 Å². The van der Waals surface area contributed by atoms with Crippen LogP contribution in [0.3, 0.4) is 0 Å². The molecule has 0 aliphatic rings. The lowest BCUT2D eigenvalue weighted by molar-refractivity contribution is 1.69. The highest BCUT2D eigenvalue weighted by atomic mass is 14.1. The Morgan fingerprint density at radius 1 is 0.542 bits per heavy atom. The average Bonchev–Trinajstić information content (AvgIpc) is 2.67. The minimum atomic E-state index is 1.16. The van der Waals surface area contributed by atoms with E-state index < -0.39 is 0 Å². The van der Waals surface area contributed by atoms with Crippen LogP contribution in [0.4, 0.5) is 0 Å². The summed E-state index contributed by atoms with van der Waals surface area (Å²) < 4.78 is 0. The van der Waals surface area contributed by atoms with E-state index in [1.165, 1.54) is 38.1 Å². The molecular formula is C24H15. The van der Waals surface area contributed by atoms with Crippen LogP contribution >= 0.6 is 0 Å². The molecule has 0 aliphatic heterocycles. The highest BCUT2D eigenvalue weighted by Crippen LogP contribution is 2.35. The third kappa shape index (κ3) is 2.00. The molecule has 24 heavy (non-hydrogen) atoms. The predicted molar refractivity (Wildman–Crippen MR) is 103 cm³/mol. The number of hydrogen-bond donors (Lipinski definition) is 0. The summed E-state index contributed by atoms with van der Waals surface area (Å²) in [6.07, 6.45) is 0. The summed E-state index contributed by atoms with van der Waals surface area (Å²) in [7, 11) is 0. The average molecular weight is 303 g/mol. The second-order valence-electron chi connectivity index (χ2n) is 6.16. The van der Waals surface area contributed by atoms with Crippen LogP contribution in [0.15, 0.2) is 91.0 Å². The van der Waals surface area contributed by atoms with E-state index in [2.05, 4.69) is 84.9 Å². The van der Waals surface area contributed by atoms with Crippen LogP contribution in [0, 0.1) is 6.07 Å². The third-order valence-corrected chi connectivity index (χ3v) is 4.74. The van der Waals surface area contributed by atoms with Gasteiger partial charge >= 0.3 is 0 Å². The predicted octanol–water partition coefficient (Wildman–Crippen LogP) is 6.61. The van der Waals surface area contributed by atoms with Gasteiger partial charge in [-0.05, 0) is 61.6 Å². The van der Waals surface area contributed by atoms with E-state index in [0.717, 1.165) is 5.39 Å². The summed E-state index contributed by atoms with van der Waals surface area (Å²) in [6.45, 7) is 0. The molecule has 5 rings (SSSR count). The zero-order valence-electron chi connectivity index (χ0n) is 13.2. The van der Waals surface area contributed by atoms with Gasteiger partial charge in [-0.25, -0.2) is 0 Å². The van der Waals surface area contributed by atoms with Gasteiger partial charge in [0.2, 0.25) is 0 Å². The summed E-state index contributed by atoms with van der Waals surface area (Å²) in [5.74, 6) is 0. The number of hydrogen-bond acceptors (Lipinski definition) is 0. The van der Waals surface area contributed by atoms with Crippen molar-refractivity contribution in [1.82, 2.24) is 0 Å². The summed E-state index contributed by atoms with van der Waals surface area (Å²) in [5.41, 5.74) is 2.52. The first-order chi connectivity index (χ1) is 11.9. The first-order valence-electron chi connectivity index (χ1n) is 8.21. The molecular weight excluding hydrogens is 288 g/mol. The molecule has 111 valence electrons. The largest absolute Gasteiger partial charge is 0.0616 e. The van der Waals surface area contributed by atoms with Gasteiger partial charge in [0, 0.05) is 0 Å². The lowest BCUT2D eigenvalue weighted by Gasteiger charge is -2.11. The molecule has 0 heterocycles. The van der Waals surface area contributed by atoms with Crippen LogP contribution in [0.1, 0.15) is 0 Å². The fourth-order valence-electron chi connectivity index (χ4n) is 3.58. The van der Waals surface area contributed by atoms with E-state index in [0.29, 0.717) is 0 Å². The highest BCUT2D eigenvalue weighted by Gasteiger charge is 2.08. The Morgan fingerprint density at radius 3 is 2.21 bits per heavy atom. The van der Waals surface area contributed by atoms with Gasteiger partial charge in [0.05, 0.1) is 0 Å². The van der Waals surface area contributed by atoms with Crippen LogP contribution in [0.2, 0.25) is 0 Å². The van der Waals surface area contributed by atoms with E-state index >= 15 is 0 Å². The van der Waals surface area contributed by atoms with Crippen LogP contribution < -0.4 is 0 Å². The van der Waals surface area contributed by atoms with Crippen molar-refractivity contribution in [2.45, 2.75) is 0 Å². The quantitative estimate of drug-likeness (QED) is 0.305. The van der Waals surface area contributed by atoms with E-state index in [9.17, 15) is 0 Å². The molecule has 0 fully saturated rings. The van der Waals surface area contributed by atoms with Crippen LogP contribution in [0.25, 0.3) is 43.4 Å². The van der Waals surface area contributed by atoms with Crippen molar-refractivity contribution in [3.8, 4) is 11.1 Å². The lowest BCUT2D eigenvalue weighted by Crippen LogP contribution is -1.85. The Morgan fingerprint density at radius 2 is 1.29 bits per heavy atom. The smallest absolute Gasteiger partial charge is 0.00988 e. The first-order valence-corrected chi connectivity index (χ1v) is 8.21. The van der Waals surface area contributed by atoms with Crippen molar-refractivity contribution in [1.29, 1.82) is 0 Å². The second kappa shape index (κ2) is 5.21. The molecule has 0 bridgehead atoms. The number of benzene rings is 5. The molecule has 5 aromatic rings. The molecule has 0 nitrogen and oxygen atoms in total. The van der Waals surface area contributed by atoms with Gasteiger partial charge in [-0.2, -0.15) is 0 Å². The SMILES string of the molecule is [c]1cccc2ccc(-c3cc4ccccc4c4ccccc34)cc12. The van der Waals surface area contributed by atoms with Gasteiger partial charge in [0.1, 0.15) is 0 Å². The van der Waals surface area contributed by atoms with Crippen LogP contribution in [-0.4, -0.2) is 0 Å². The maximum Gasteiger partial charge on any atom is -0.00988 e. The van der Waals surface area contributed by atoms with Gasteiger partial charge in [-0.3, -0.25) is 0 Å². The summed E-state index contributed by atoms with van der Waals surface area (Å²) in [5, 5.41) is 7.58. The fourth-order valence-corrected chi connectivity index (χ4v) is 3.58. The molecule has 0 saturated carbocycles. The third-order valence-electron chi connectivity index (χ3n) is 4.74. The van der Waals surface area contributed by atoms with Crippen molar-refractivity contribution < 1.29 is 0 Å². The molecule has 0 amide bonds. The molecule has 5 aromatic carbocycles. The van der Waals surface area contributed by atoms with Gasteiger partial charge in [-0.1, -0.05) is 78.9 Å². The second-order valence-corrected chi connectivity index (χ2v) is 6.16. The van der Waals surface area contributed by atoms with Crippen molar-refractivity contribution in [2.75, 3.05) is 0 Å². The minimum Gasteiger partial charge on any atom is -0.0616 e. The van der Waals surface area contributed by atoms with E-state index in [-0.39, 0.29) is 0 Å². The number of rotatable bonds is 1. The molecule has 0 N–H and O–H groups in total. The summed E-state index contributed by atoms with van der Waals surface area (Å²) in [4.78, 5) is 0. The zero-order valence-corrected chi connectivity index (χ0v) is 13.2. The Bertz CT molecular complexity index is 1200. The van der Waals surface area contributed by atoms with Gasteiger partial charge < -0.3 is 0 Å². The standard InChI is InChI=1S/C24H15/c1-2-8-18-15-20(14-13-17(18)7-1)24-16-19-9-3-4-10-21(19)22-11-5-6-12-23(22)24/h1-7,9-16H. The van der Waals surface area contributed by atoms with E-state index in [1.807, 2.05) is 12.1 Å². The van der Waals surface area contributed by atoms with Crippen molar-refractivity contribution in [3.63, 3.8) is 0 Å². The Hall–Kier alpha value is -3.12. The zero-order chi connectivity index (χ0) is 15.9. The molecule has 0 atom stereocenters. The first kappa shape index (κ1) is 13.3. The maximum atomic E-state index is 3.35. The molecule has 0 aromatic heterocycles. The Kier molecular flexibility index (Phi) is 2.89. The van der Waals surface area contributed by atoms with Crippen LogP contribution in [-0.2, 0) is 0 Å². The molecule has 1 radical (unpaired) electrons. The molecule has 0 aliphatic carbocycles. The molecule has 0 heteroatoms. The lowest BCUT2D eigenvalue weighted by atomic mass is 9.92. The normalized spacial score (nSPS) is 11.3. The maximum absolute atomic E-state index is 3.35. The van der Waals surface area contributed by atoms with E-state index in [1.54, 1.807) is 0 Å². The summed E-state index contributed by atoms with van der Waals surface area (Å²) >= 11 is 0. The fraction of sp³-hybridized carbons (Fsp3) is 0. The van der Waals surface area contributed by atoms with Crippen molar-refractivity contribution in [2.24, 2.45) is 0 Å². The topological polar surface area (TPSA) is 0 Å².